The highest BCUT2D eigenvalue weighted by atomic mass is 19.2. The summed E-state index contributed by atoms with van der Waals surface area (Å²) in [4.78, 5) is 11.4. The molecule has 0 heterocycles. The molecule has 0 spiro atoms. The van der Waals surface area contributed by atoms with Crippen molar-refractivity contribution in [2.45, 2.75) is 20.5 Å². The average Bonchev–Trinajstić information content (AvgIpc) is 2.54. The van der Waals surface area contributed by atoms with E-state index < -0.39 is 35.6 Å². The second-order valence-electron chi connectivity index (χ2n) is 4.90. The monoisotopic (exact) mass is 342 g/mol. The van der Waals surface area contributed by atoms with E-state index in [-0.39, 0.29) is 11.8 Å². The van der Waals surface area contributed by atoms with Gasteiger partial charge in [0.1, 0.15) is 12.4 Å². The highest BCUT2D eigenvalue weighted by Crippen LogP contribution is 2.29. The number of halogens is 4. The molecule has 7 heteroatoms. The molecular weight excluding hydrogens is 328 g/mol. The summed E-state index contributed by atoms with van der Waals surface area (Å²) >= 11 is 0. The molecule has 3 nitrogen and oxygen atoms in total. The summed E-state index contributed by atoms with van der Waals surface area (Å²) in [5.41, 5.74) is 0.649. The third-order valence-electron chi connectivity index (χ3n) is 3.21. The van der Waals surface area contributed by atoms with Crippen molar-refractivity contribution >= 4 is 5.78 Å². The van der Waals surface area contributed by atoms with E-state index in [0.717, 1.165) is 0 Å². The minimum Gasteiger partial charge on any atom is -0.493 e. The van der Waals surface area contributed by atoms with Gasteiger partial charge < -0.3 is 9.47 Å². The Hall–Kier alpha value is -2.57. The van der Waals surface area contributed by atoms with E-state index in [0.29, 0.717) is 23.5 Å². The highest BCUT2D eigenvalue weighted by Gasteiger charge is 2.21. The first-order valence-electron chi connectivity index (χ1n) is 7.07. The fourth-order valence-electron chi connectivity index (χ4n) is 2.04. The molecule has 0 aromatic heterocycles. The Labute approximate surface area is 135 Å². The van der Waals surface area contributed by atoms with Gasteiger partial charge in [0, 0.05) is 17.2 Å². The molecule has 0 saturated carbocycles. The summed E-state index contributed by atoms with van der Waals surface area (Å²) in [5, 5.41) is 0. The number of hydrogen-bond donors (Lipinski definition) is 0. The fraction of sp³-hybridized carbons (Fsp3) is 0.235. The zero-order chi connectivity index (χ0) is 17.9. The number of ketones is 1. The smallest absolute Gasteiger partial charge is 0.203 e. The Bertz CT molecular complexity index is 749. The van der Waals surface area contributed by atoms with E-state index in [4.69, 9.17) is 9.47 Å². The lowest BCUT2D eigenvalue weighted by molar-refractivity contribution is 0.101. The summed E-state index contributed by atoms with van der Waals surface area (Å²) in [6.45, 7) is 2.95. The van der Waals surface area contributed by atoms with E-state index in [1.54, 1.807) is 6.92 Å². The van der Waals surface area contributed by atoms with Crippen LogP contribution >= 0.6 is 0 Å². The first-order valence-corrected chi connectivity index (χ1v) is 7.07. The zero-order valence-corrected chi connectivity index (χ0v) is 13.0. The van der Waals surface area contributed by atoms with Crippen LogP contribution in [0.25, 0.3) is 0 Å². The summed E-state index contributed by atoms with van der Waals surface area (Å²) < 4.78 is 63.8. The van der Waals surface area contributed by atoms with Gasteiger partial charge in [0.15, 0.2) is 23.2 Å². The first kappa shape index (κ1) is 17.8. The Morgan fingerprint density at radius 1 is 1.00 bits per heavy atom. The van der Waals surface area contributed by atoms with Crippen LogP contribution in [0.5, 0.6) is 11.5 Å². The summed E-state index contributed by atoms with van der Waals surface area (Å²) in [6, 6.07) is 4.57. The molecule has 0 bridgehead atoms. The maximum absolute atomic E-state index is 13.6. The molecule has 0 unspecified atom stereocenters. The van der Waals surface area contributed by atoms with Crippen molar-refractivity contribution in [3.63, 3.8) is 0 Å². The Morgan fingerprint density at radius 3 is 2.17 bits per heavy atom. The van der Waals surface area contributed by atoms with Gasteiger partial charge in [0.05, 0.1) is 6.61 Å². The van der Waals surface area contributed by atoms with Crippen LogP contribution in [0, 0.1) is 23.3 Å². The van der Waals surface area contributed by atoms with Crippen molar-refractivity contribution in [1.82, 2.24) is 0 Å². The number of rotatable bonds is 6. The minimum absolute atomic E-state index is 0.0967. The third kappa shape index (κ3) is 3.67. The van der Waals surface area contributed by atoms with Crippen molar-refractivity contribution in [3.05, 3.63) is 58.7 Å². The lowest BCUT2D eigenvalue weighted by Gasteiger charge is -2.14. The molecule has 0 N–H and O–H groups in total. The minimum atomic E-state index is -1.63. The Balaban J connectivity index is 2.35. The van der Waals surface area contributed by atoms with Crippen LogP contribution in [-0.4, -0.2) is 12.4 Å². The van der Waals surface area contributed by atoms with Gasteiger partial charge in [0.25, 0.3) is 0 Å². The van der Waals surface area contributed by atoms with Crippen molar-refractivity contribution in [1.29, 1.82) is 0 Å². The van der Waals surface area contributed by atoms with E-state index in [1.807, 2.05) is 0 Å². The molecule has 0 radical (unpaired) electrons. The van der Waals surface area contributed by atoms with Gasteiger partial charge >= 0.3 is 0 Å². The topological polar surface area (TPSA) is 35.5 Å². The Kier molecular flexibility index (Phi) is 5.43. The van der Waals surface area contributed by atoms with Gasteiger partial charge in [-0.1, -0.05) is 0 Å². The average molecular weight is 342 g/mol. The number of carbonyl (C=O) groups excluding carboxylic acids is 1. The van der Waals surface area contributed by atoms with E-state index in [2.05, 4.69) is 0 Å². The van der Waals surface area contributed by atoms with Gasteiger partial charge in [-0.15, -0.1) is 0 Å². The highest BCUT2D eigenvalue weighted by molar-refractivity contribution is 5.94. The van der Waals surface area contributed by atoms with Gasteiger partial charge in [0.2, 0.25) is 11.6 Å². The van der Waals surface area contributed by atoms with Crippen molar-refractivity contribution in [2.24, 2.45) is 0 Å². The van der Waals surface area contributed by atoms with Gasteiger partial charge in [-0.25, -0.2) is 8.78 Å². The molecule has 128 valence electrons. The lowest BCUT2D eigenvalue weighted by Crippen LogP contribution is -2.07. The largest absolute Gasteiger partial charge is 0.493 e. The SMILES string of the molecule is CCOc1ccc(C(C)=O)cc1COc1c(F)c(F)cc(F)c1F. The first-order chi connectivity index (χ1) is 11.3. The van der Waals surface area contributed by atoms with Crippen LogP contribution in [0.2, 0.25) is 0 Å². The number of ether oxygens (including phenoxy) is 2. The number of carbonyl (C=O) groups is 1. The van der Waals surface area contributed by atoms with Gasteiger partial charge in [-0.05, 0) is 32.0 Å². The van der Waals surface area contributed by atoms with Crippen molar-refractivity contribution in [2.75, 3.05) is 6.61 Å². The molecule has 0 fully saturated rings. The van der Waals surface area contributed by atoms with Crippen LogP contribution in [0.3, 0.4) is 0 Å². The fourth-order valence-corrected chi connectivity index (χ4v) is 2.04. The van der Waals surface area contributed by atoms with Gasteiger partial charge in [-0.2, -0.15) is 8.78 Å². The molecule has 0 saturated heterocycles. The summed E-state index contributed by atoms with van der Waals surface area (Å²) in [6.07, 6.45) is 0. The van der Waals surface area contributed by atoms with E-state index in [1.165, 1.54) is 25.1 Å². The molecule has 0 aliphatic rings. The van der Waals surface area contributed by atoms with Crippen LogP contribution in [-0.2, 0) is 6.61 Å². The normalized spacial score (nSPS) is 10.6. The summed E-state index contributed by atoms with van der Waals surface area (Å²) in [7, 11) is 0. The molecule has 0 amide bonds. The third-order valence-corrected chi connectivity index (χ3v) is 3.21. The second kappa shape index (κ2) is 7.33. The number of Topliss-reactive ketones (excluding diaryl/α,β-unsaturated/α-hetero) is 1. The molecule has 2 aromatic carbocycles. The maximum atomic E-state index is 13.6. The number of benzene rings is 2. The van der Waals surface area contributed by atoms with E-state index >= 15 is 0 Å². The van der Waals surface area contributed by atoms with Crippen molar-refractivity contribution < 1.29 is 31.8 Å². The second-order valence-corrected chi connectivity index (χ2v) is 4.90. The predicted molar refractivity (Wildman–Crippen MR) is 78.2 cm³/mol. The molecule has 0 aliphatic heterocycles. The molecule has 0 atom stereocenters. The van der Waals surface area contributed by atoms with Crippen LogP contribution in [0.15, 0.2) is 24.3 Å². The molecule has 2 aromatic rings. The van der Waals surface area contributed by atoms with Crippen molar-refractivity contribution in [3.8, 4) is 11.5 Å². The molecule has 0 aliphatic carbocycles. The maximum Gasteiger partial charge on any atom is 0.203 e. The summed E-state index contributed by atoms with van der Waals surface area (Å²) in [5.74, 6) is -7.45. The molecule has 2 rings (SSSR count). The molecular formula is C17H14F4O3. The van der Waals surface area contributed by atoms with E-state index in [9.17, 15) is 22.4 Å². The Morgan fingerprint density at radius 2 is 1.62 bits per heavy atom. The number of hydrogen-bond acceptors (Lipinski definition) is 3. The van der Waals surface area contributed by atoms with Crippen LogP contribution < -0.4 is 9.47 Å². The lowest BCUT2D eigenvalue weighted by atomic mass is 10.1. The van der Waals surface area contributed by atoms with Crippen LogP contribution in [0.1, 0.15) is 29.8 Å². The van der Waals surface area contributed by atoms with Gasteiger partial charge in [-0.3, -0.25) is 4.79 Å². The predicted octanol–water partition coefficient (Wildman–Crippen LogP) is 4.42. The zero-order valence-electron chi connectivity index (χ0n) is 13.0. The molecule has 24 heavy (non-hydrogen) atoms. The standard InChI is InChI=1S/C17H14F4O3/c1-3-23-14-5-4-10(9(2)22)6-11(14)8-24-17-15(20)12(18)7-13(19)16(17)21/h4-7H,3,8H2,1-2H3. The van der Waals surface area contributed by atoms with Crippen LogP contribution in [0.4, 0.5) is 17.6 Å². The quantitative estimate of drug-likeness (QED) is 0.443.